The Morgan fingerprint density at radius 1 is 1.17 bits per heavy atom. The SMILES string of the molecule is CCCC(Oc1c(-c2ccc3c(c2)CNC3=O)ccc(OC(F)F)c1OC)C(N)=O. The van der Waals surface area contributed by atoms with Crippen LogP contribution in [-0.2, 0) is 11.3 Å². The summed E-state index contributed by atoms with van der Waals surface area (Å²) in [5.41, 5.74) is 7.94. The molecule has 1 aliphatic rings. The monoisotopic (exact) mass is 420 g/mol. The molecule has 30 heavy (non-hydrogen) atoms. The second kappa shape index (κ2) is 8.98. The maximum atomic E-state index is 12.9. The number of amides is 2. The second-order valence-electron chi connectivity index (χ2n) is 6.70. The number of nitrogens with one attached hydrogen (secondary N) is 1. The van der Waals surface area contributed by atoms with Crippen LogP contribution in [0.5, 0.6) is 17.2 Å². The molecule has 1 aliphatic heterocycles. The Labute approximate surface area is 172 Å². The van der Waals surface area contributed by atoms with Gasteiger partial charge in [-0.15, -0.1) is 0 Å². The Balaban J connectivity index is 2.14. The fourth-order valence-corrected chi connectivity index (χ4v) is 3.33. The van der Waals surface area contributed by atoms with Crippen molar-refractivity contribution in [2.45, 2.75) is 39.0 Å². The Morgan fingerprint density at radius 3 is 2.53 bits per heavy atom. The van der Waals surface area contributed by atoms with Crippen molar-refractivity contribution < 1.29 is 32.6 Å². The van der Waals surface area contributed by atoms with E-state index in [9.17, 15) is 18.4 Å². The summed E-state index contributed by atoms with van der Waals surface area (Å²) in [5, 5.41) is 2.74. The third-order valence-corrected chi connectivity index (χ3v) is 4.72. The molecule has 0 radical (unpaired) electrons. The van der Waals surface area contributed by atoms with Crippen molar-refractivity contribution in [1.82, 2.24) is 5.32 Å². The average Bonchev–Trinajstić information content (AvgIpc) is 3.07. The van der Waals surface area contributed by atoms with Crippen LogP contribution in [0.4, 0.5) is 8.78 Å². The molecule has 0 saturated heterocycles. The fraction of sp³-hybridized carbons (Fsp3) is 0.333. The van der Waals surface area contributed by atoms with Crippen LogP contribution in [0.2, 0.25) is 0 Å². The van der Waals surface area contributed by atoms with Gasteiger partial charge in [-0.25, -0.2) is 0 Å². The highest BCUT2D eigenvalue weighted by molar-refractivity contribution is 5.99. The van der Waals surface area contributed by atoms with Gasteiger partial charge in [0.05, 0.1) is 7.11 Å². The van der Waals surface area contributed by atoms with Crippen molar-refractivity contribution in [2.24, 2.45) is 5.73 Å². The van der Waals surface area contributed by atoms with Gasteiger partial charge in [-0.2, -0.15) is 8.78 Å². The Morgan fingerprint density at radius 2 is 1.90 bits per heavy atom. The number of hydrogen-bond donors (Lipinski definition) is 2. The van der Waals surface area contributed by atoms with Gasteiger partial charge in [0.1, 0.15) is 0 Å². The van der Waals surface area contributed by atoms with Gasteiger partial charge in [0.25, 0.3) is 11.8 Å². The lowest BCUT2D eigenvalue weighted by molar-refractivity contribution is -0.125. The number of rotatable bonds is 9. The maximum absolute atomic E-state index is 12.9. The normalized spacial score (nSPS) is 13.6. The summed E-state index contributed by atoms with van der Waals surface area (Å²) < 4.78 is 41.5. The zero-order valence-corrected chi connectivity index (χ0v) is 16.5. The zero-order chi connectivity index (χ0) is 21.8. The molecule has 0 saturated carbocycles. The number of alkyl halides is 2. The minimum absolute atomic E-state index is 0.0603. The molecule has 9 heteroatoms. The lowest BCUT2D eigenvalue weighted by atomic mass is 9.99. The molecule has 2 amide bonds. The van der Waals surface area contributed by atoms with Crippen LogP contribution in [0, 0.1) is 0 Å². The second-order valence-corrected chi connectivity index (χ2v) is 6.70. The molecule has 0 fully saturated rings. The number of hydrogen-bond acceptors (Lipinski definition) is 5. The summed E-state index contributed by atoms with van der Waals surface area (Å²) in [6.07, 6.45) is -0.0342. The Kier molecular flexibility index (Phi) is 6.39. The number of carbonyl (C=O) groups excluding carboxylic acids is 2. The van der Waals surface area contributed by atoms with Crippen LogP contribution in [-0.4, -0.2) is 31.6 Å². The molecule has 2 aromatic rings. The van der Waals surface area contributed by atoms with Gasteiger partial charge in [0.15, 0.2) is 17.6 Å². The molecular formula is C21H22F2N2O5. The van der Waals surface area contributed by atoms with E-state index in [0.717, 1.165) is 5.56 Å². The zero-order valence-electron chi connectivity index (χ0n) is 16.5. The standard InChI is InChI=1S/C21H22F2N2O5/c1-3-4-16(19(24)26)29-17-13(7-8-15(18(17)28-2)30-21(22)23)11-5-6-14-12(9-11)10-25-20(14)27/h5-9,16,21H,3-4,10H2,1-2H3,(H2,24,26)(H,25,27). The third kappa shape index (κ3) is 4.29. The lowest BCUT2D eigenvalue weighted by Gasteiger charge is -2.22. The van der Waals surface area contributed by atoms with Gasteiger partial charge in [0, 0.05) is 17.7 Å². The Hall–Kier alpha value is -3.36. The fourth-order valence-electron chi connectivity index (χ4n) is 3.33. The van der Waals surface area contributed by atoms with E-state index in [1.54, 1.807) is 18.2 Å². The quantitative estimate of drug-likeness (QED) is 0.649. The molecule has 7 nitrogen and oxygen atoms in total. The first-order chi connectivity index (χ1) is 14.3. The molecule has 0 bridgehead atoms. The number of benzene rings is 2. The number of ether oxygens (including phenoxy) is 3. The van der Waals surface area contributed by atoms with Crippen molar-refractivity contribution in [3.63, 3.8) is 0 Å². The summed E-state index contributed by atoms with van der Waals surface area (Å²) in [4.78, 5) is 23.7. The topological polar surface area (TPSA) is 99.9 Å². The summed E-state index contributed by atoms with van der Waals surface area (Å²) in [7, 11) is 1.29. The minimum atomic E-state index is -3.07. The third-order valence-electron chi connectivity index (χ3n) is 4.72. The first-order valence-corrected chi connectivity index (χ1v) is 9.39. The lowest BCUT2D eigenvalue weighted by Crippen LogP contribution is -2.33. The van der Waals surface area contributed by atoms with Crippen molar-refractivity contribution in [3.05, 3.63) is 41.5 Å². The van der Waals surface area contributed by atoms with E-state index in [1.165, 1.54) is 19.2 Å². The first kappa shape index (κ1) is 21.4. The van der Waals surface area contributed by atoms with Gasteiger partial charge in [-0.1, -0.05) is 19.4 Å². The molecule has 1 unspecified atom stereocenters. The van der Waals surface area contributed by atoms with Crippen LogP contribution in [0.1, 0.15) is 35.7 Å². The molecule has 1 heterocycles. The predicted molar refractivity (Wildman–Crippen MR) is 105 cm³/mol. The van der Waals surface area contributed by atoms with Crippen molar-refractivity contribution in [3.8, 4) is 28.4 Å². The Bertz CT molecular complexity index is 965. The number of fused-ring (bicyclic) bond motifs is 1. The van der Waals surface area contributed by atoms with Gasteiger partial charge in [-0.05, 0) is 41.8 Å². The number of primary amides is 1. The number of carbonyl (C=O) groups is 2. The predicted octanol–water partition coefficient (Wildman–Crippen LogP) is 3.24. The van der Waals surface area contributed by atoms with Crippen LogP contribution >= 0.6 is 0 Å². The molecule has 3 N–H and O–H groups in total. The molecule has 1 atom stereocenters. The highest BCUT2D eigenvalue weighted by Crippen LogP contribution is 2.46. The molecule has 0 aliphatic carbocycles. The van der Waals surface area contributed by atoms with Gasteiger partial charge < -0.3 is 25.3 Å². The summed E-state index contributed by atoms with van der Waals surface area (Å²) in [6.45, 7) is -0.836. The van der Waals surface area contributed by atoms with Gasteiger partial charge >= 0.3 is 6.61 Å². The largest absolute Gasteiger partial charge is 0.490 e. The highest BCUT2D eigenvalue weighted by Gasteiger charge is 2.26. The first-order valence-electron chi connectivity index (χ1n) is 9.39. The number of nitrogens with two attached hydrogens (primary N) is 1. The summed E-state index contributed by atoms with van der Waals surface area (Å²) in [6, 6.07) is 8.04. The van der Waals surface area contributed by atoms with Crippen LogP contribution in [0.25, 0.3) is 11.1 Å². The molecule has 3 rings (SSSR count). The van der Waals surface area contributed by atoms with E-state index in [4.69, 9.17) is 15.2 Å². The highest BCUT2D eigenvalue weighted by atomic mass is 19.3. The molecule has 160 valence electrons. The van der Waals surface area contributed by atoms with E-state index in [2.05, 4.69) is 10.1 Å². The van der Waals surface area contributed by atoms with E-state index >= 15 is 0 Å². The van der Waals surface area contributed by atoms with Gasteiger partial charge in [0.2, 0.25) is 5.75 Å². The van der Waals surface area contributed by atoms with Crippen molar-refractivity contribution >= 4 is 11.8 Å². The smallest absolute Gasteiger partial charge is 0.387 e. The van der Waals surface area contributed by atoms with Crippen LogP contribution in [0.15, 0.2) is 30.3 Å². The number of halogens is 2. The number of methoxy groups -OCH3 is 1. The van der Waals surface area contributed by atoms with E-state index in [0.29, 0.717) is 36.1 Å². The van der Waals surface area contributed by atoms with Gasteiger partial charge in [-0.3, -0.25) is 9.59 Å². The summed E-state index contributed by atoms with van der Waals surface area (Å²) in [5.74, 6) is -1.10. The van der Waals surface area contributed by atoms with E-state index in [-0.39, 0.29) is 23.2 Å². The molecular weight excluding hydrogens is 398 g/mol. The van der Waals surface area contributed by atoms with Crippen LogP contribution < -0.4 is 25.3 Å². The minimum Gasteiger partial charge on any atom is -0.490 e. The van der Waals surface area contributed by atoms with Crippen molar-refractivity contribution in [1.29, 1.82) is 0 Å². The molecule has 0 aromatic heterocycles. The summed E-state index contributed by atoms with van der Waals surface area (Å²) >= 11 is 0. The molecule has 0 spiro atoms. The maximum Gasteiger partial charge on any atom is 0.387 e. The van der Waals surface area contributed by atoms with E-state index in [1.807, 2.05) is 6.92 Å². The van der Waals surface area contributed by atoms with Crippen LogP contribution in [0.3, 0.4) is 0 Å². The average molecular weight is 420 g/mol. The van der Waals surface area contributed by atoms with Crippen molar-refractivity contribution in [2.75, 3.05) is 7.11 Å². The van der Waals surface area contributed by atoms with E-state index < -0.39 is 18.6 Å². The molecule has 2 aromatic carbocycles.